The van der Waals surface area contributed by atoms with Crippen molar-refractivity contribution >= 4 is 11.0 Å². The van der Waals surface area contributed by atoms with Gasteiger partial charge in [-0.25, -0.2) is 4.98 Å². The molecule has 6 aromatic carbocycles. The van der Waals surface area contributed by atoms with E-state index in [-0.39, 0.29) is 16.6 Å². The van der Waals surface area contributed by atoms with Crippen LogP contribution in [-0.4, -0.2) is 19.6 Å². The van der Waals surface area contributed by atoms with Crippen LogP contribution in [0.15, 0.2) is 158 Å². The van der Waals surface area contributed by atoms with Crippen LogP contribution < -0.4 is 0 Å². The number of phenols is 1. The number of benzene rings is 6. The number of pyridine rings is 1. The molecular weight excluding hydrogens is 659 g/mol. The van der Waals surface area contributed by atoms with Crippen molar-refractivity contribution in [3.8, 4) is 67.5 Å². The highest BCUT2D eigenvalue weighted by molar-refractivity contribution is 5.97. The SMILES string of the molecule is CC(C)(C)c1cc(-c2nc3c(-c4cccc(-c5cc(-c6ccccc6)ccn5)c4)cccc3n2-c2ccccc2-c2ccccc2)c(O)c(C(C)(C)C)c1. The maximum absolute atomic E-state index is 12.2. The number of para-hydroxylation sites is 2. The Hall–Kier alpha value is -6.26. The molecule has 0 aliphatic heterocycles. The summed E-state index contributed by atoms with van der Waals surface area (Å²) in [5.41, 5.74) is 13.6. The number of aromatic nitrogens is 3. The summed E-state index contributed by atoms with van der Waals surface area (Å²) in [6.45, 7) is 13.1. The van der Waals surface area contributed by atoms with Crippen molar-refractivity contribution in [3.05, 3.63) is 169 Å². The van der Waals surface area contributed by atoms with E-state index in [4.69, 9.17) is 9.97 Å². The van der Waals surface area contributed by atoms with Gasteiger partial charge in [0.1, 0.15) is 11.6 Å². The second-order valence-electron chi connectivity index (χ2n) is 16.1. The number of rotatable bonds is 6. The number of fused-ring (bicyclic) bond motifs is 1. The molecule has 2 heterocycles. The van der Waals surface area contributed by atoms with Gasteiger partial charge in [0.2, 0.25) is 0 Å². The molecule has 0 unspecified atom stereocenters. The van der Waals surface area contributed by atoms with Crippen molar-refractivity contribution in [3.63, 3.8) is 0 Å². The lowest BCUT2D eigenvalue weighted by atomic mass is 9.79. The van der Waals surface area contributed by atoms with Crippen molar-refractivity contribution in [2.45, 2.75) is 52.4 Å². The first-order valence-electron chi connectivity index (χ1n) is 18.6. The fourth-order valence-electron chi connectivity index (χ4n) is 7.34. The molecule has 266 valence electrons. The number of phenolic OH excluding ortho intramolecular Hbond substituents is 1. The lowest BCUT2D eigenvalue weighted by Gasteiger charge is -2.27. The van der Waals surface area contributed by atoms with Crippen molar-refractivity contribution in [1.29, 1.82) is 0 Å². The van der Waals surface area contributed by atoms with E-state index in [1.54, 1.807) is 0 Å². The molecule has 0 saturated carbocycles. The first kappa shape index (κ1) is 34.8. The van der Waals surface area contributed by atoms with Gasteiger partial charge in [0.05, 0.1) is 28.0 Å². The quantitative estimate of drug-likeness (QED) is 0.188. The second-order valence-corrected chi connectivity index (χ2v) is 16.1. The molecule has 0 fully saturated rings. The highest BCUT2D eigenvalue weighted by Crippen LogP contribution is 2.45. The first-order chi connectivity index (χ1) is 26.0. The second kappa shape index (κ2) is 13.6. The minimum absolute atomic E-state index is 0.154. The van der Waals surface area contributed by atoms with E-state index in [0.29, 0.717) is 11.4 Å². The summed E-state index contributed by atoms with van der Waals surface area (Å²) in [4.78, 5) is 10.3. The molecule has 0 amide bonds. The van der Waals surface area contributed by atoms with Crippen LogP contribution in [0.2, 0.25) is 0 Å². The summed E-state index contributed by atoms with van der Waals surface area (Å²) in [6.07, 6.45) is 1.88. The van der Waals surface area contributed by atoms with Gasteiger partial charge in [-0.05, 0) is 75.0 Å². The molecule has 2 aromatic heterocycles. The van der Waals surface area contributed by atoms with Crippen molar-refractivity contribution in [1.82, 2.24) is 14.5 Å². The van der Waals surface area contributed by atoms with Crippen molar-refractivity contribution < 1.29 is 5.11 Å². The van der Waals surface area contributed by atoms with Crippen LogP contribution >= 0.6 is 0 Å². The predicted molar refractivity (Wildman–Crippen MR) is 225 cm³/mol. The molecular formula is C50H45N3O. The molecule has 0 radical (unpaired) electrons. The molecule has 1 N–H and O–H groups in total. The average molecular weight is 704 g/mol. The third-order valence-electron chi connectivity index (χ3n) is 10.3. The first-order valence-corrected chi connectivity index (χ1v) is 18.6. The fourth-order valence-corrected chi connectivity index (χ4v) is 7.34. The minimum atomic E-state index is -0.295. The summed E-state index contributed by atoms with van der Waals surface area (Å²) in [6, 6.07) is 52.8. The van der Waals surface area contributed by atoms with E-state index in [2.05, 4.69) is 186 Å². The monoisotopic (exact) mass is 703 g/mol. The molecule has 0 aliphatic rings. The molecule has 8 aromatic rings. The molecule has 0 saturated heterocycles. The Labute approximate surface area is 318 Å². The summed E-state index contributed by atoms with van der Waals surface area (Å²) < 4.78 is 2.24. The molecule has 0 spiro atoms. The van der Waals surface area contributed by atoms with Gasteiger partial charge in [-0.15, -0.1) is 0 Å². The zero-order valence-corrected chi connectivity index (χ0v) is 31.8. The topological polar surface area (TPSA) is 50.9 Å². The number of imidazole rings is 1. The summed E-state index contributed by atoms with van der Waals surface area (Å²) in [5.74, 6) is 0.959. The van der Waals surface area contributed by atoms with Crippen LogP contribution in [-0.2, 0) is 10.8 Å². The van der Waals surface area contributed by atoms with Crippen molar-refractivity contribution in [2.24, 2.45) is 0 Å². The van der Waals surface area contributed by atoms with E-state index >= 15 is 0 Å². The molecule has 0 aliphatic carbocycles. The zero-order valence-electron chi connectivity index (χ0n) is 31.8. The van der Waals surface area contributed by atoms with E-state index in [1.807, 2.05) is 18.3 Å². The smallest absolute Gasteiger partial charge is 0.149 e. The third kappa shape index (κ3) is 6.49. The Morgan fingerprint density at radius 1 is 0.500 bits per heavy atom. The molecule has 54 heavy (non-hydrogen) atoms. The van der Waals surface area contributed by atoms with E-state index < -0.39 is 0 Å². The Balaban J connectivity index is 1.39. The number of nitrogens with zero attached hydrogens (tertiary/aromatic N) is 3. The lowest BCUT2D eigenvalue weighted by Crippen LogP contribution is -2.17. The molecule has 0 bridgehead atoms. The van der Waals surface area contributed by atoms with E-state index in [9.17, 15) is 5.11 Å². The van der Waals surface area contributed by atoms with Crippen LogP contribution in [0.25, 0.3) is 72.7 Å². The van der Waals surface area contributed by atoms with Gasteiger partial charge in [0, 0.05) is 28.5 Å². The normalized spacial score (nSPS) is 12.0. The zero-order chi connectivity index (χ0) is 37.6. The van der Waals surface area contributed by atoms with Gasteiger partial charge in [-0.2, -0.15) is 0 Å². The summed E-state index contributed by atoms with van der Waals surface area (Å²) in [5, 5.41) is 12.2. The third-order valence-corrected chi connectivity index (χ3v) is 10.3. The number of hydrogen-bond donors (Lipinski definition) is 1. The van der Waals surface area contributed by atoms with Crippen molar-refractivity contribution in [2.75, 3.05) is 0 Å². The van der Waals surface area contributed by atoms with Crippen LogP contribution in [0.3, 0.4) is 0 Å². The van der Waals surface area contributed by atoms with Crippen LogP contribution in [0.5, 0.6) is 5.75 Å². The summed E-state index contributed by atoms with van der Waals surface area (Å²) in [7, 11) is 0. The van der Waals surface area contributed by atoms with Gasteiger partial charge < -0.3 is 5.11 Å². The average Bonchev–Trinajstić information content (AvgIpc) is 3.57. The van der Waals surface area contributed by atoms with Crippen LogP contribution in [0.1, 0.15) is 52.7 Å². The Kier molecular flexibility index (Phi) is 8.78. The highest BCUT2D eigenvalue weighted by atomic mass is 16.3. The molecule has 4 nitrogen and oxygen atoms in total. The van der Waals surface area contributed by atoms with Crippen LogP contribution in [0, 0.1) is 0 Å². The number of aromatic hydroxyl groups is 1. The Morgan fingerprint density at radius 2 is 1.13 bits per heavy atom. The highest BCUT2D eigenvalue weighted by Gasteiger charge is 2.29. The standard InChI is InChI=1S/C50H45N3O/c1-49(2,3)38-31-41(47(54)42(32-38)50(4,5)6)48-52-46-40(24-16-26-45(46)53(48)44-25-14-13-23-39(44)34-19-11-8-12-20-34)36-21-15-22-37(29-36)43-30-35(27-28-51-43)33-17-9-7-10-18-33/h7-32,54H,1-6H3. The molecule has 0 atom stereocenters. The Morgan fingerprint density at radius 3 is 1.85 bits per heavy atom. The lowest BCUT2D eigenvalue weighted by molar-refractivity contribution is 0.446. The largest absolute Gasteiger partial charge is 0.507 e. The van der Waals surface area contributed by atoms with Crippen LogP contribution in [0.4, 0.5) is 0 Å². The molecule has 8 rings (SSSR count). The van der Waals surface area contributed by atoms with E-state index in [0.717, 1.165) is 72.5 Å². The molecule has 4 heteroatoms. The number of hydrogen-bond acceptors (Lipinski definition) is 3. The fraction of sp³-hybridized carbons (Fsp3) is 0.160. The maximum Gasteiger partial charge on any atom is 0.149 e. The predicted octanol–water partition coefficient (Wildman–Crippen LogP) is 13.1. The van der Waals surface area contributed by atoms with Gasteiger partial charge in [0.25, 0.3) is 0 Å². The minimum Gasteiger partial charge on any atom is -0.507 e. The van der Waals surface area contributed by atoms with Gasteiger partial charge in [0.15, 0.2) is 0 Å². The maximum atomic E-state index is 12.2. The summed E-state index contributed by atoms with van der Waals surface area (Å²) >= 11 is 0. The van der Waals surface area contributed by atoms with E-state index in [1.165, 1.54) is 0 Å². The van der Waals surface area contributed by atoms with Gasteiger partial charge in [-0.1, -0.05) is 157 Å². The van der Waals surface area contributed by atoms with Gasteiger partial charge >= 0.3 is 0 Å². The Bertz CT molecular complexity index is 2620. The van der Waals surface area contributed by atoms with Gasteiger partial charge in [-0.3, -0.25) is 9.55 Å².